The Hall–Kier alpha value is -0.350. The van der Waals surface area contributed by atoms with E-state index in [4.69, 9.17) is 11.6 Å². The van der Waals surface area contributed by atoms with Gasteiger partial charge in [0.25, 0.3) is 0 Å². The van der Waals surface area contributed by atoms with Crippen molar-refractivity contribution in [3.8, 4) is 0 Å². The molecule has 0 radical (unpaired) electrons. The standard InChI is InChI=1S/C16H16Br2ClN/c1-10(12-4-3-5-13(17)8-12)20-11(2)15-7-6-14(18)9-16(15)19/h3-11,20H,1-2H3. The zero-order chi connectivity index (χ0) is 14.7. The van der Waals surface area contributed by atoms with Gasteiger partial charge in [0.15, 0.2) is 0 Å². The lowest BCUT2D eigenvalue weighted by Gasteiger charge is -2.22. The van der Waals surface area contributed by atoms with Gasteiger partial charge in [0.2, 0.25) is 0 Å². The van der Waals surface area contributed by atoms with E-state index in [-0.39, 0.29) is 12.1 Å². The van der Waals surface area contributed by atoms with Gasteiger partial charge >= 0.3 is 0 Å². The molecule has 0 saturated carbocycles. The van der Waals surface area contributed by atoms with Crippen molar-refractivity contribution < 1.29 is 0 Å². The first kappa shape index (κ1) is 16.0. The van der Waals surface area contributed by atoms with Crippen LogP contribution < -0.4 is 5.32 Å². The highest BCUT2D eigenvalue weighted by Gasteiger charge is 2.14. The molecule has 0 saturated heterocycles. The summed E-state index contributed by atoms with van der Waals surface area (Å²) in [6.45, 7) is 4.29. The molecule has 0 bridgehead atoms. The van der Waals surface area contributed by atoms with E-state index >= 15 is 0 Å². The predicted octanol–water partition coefficient (Wildman–Crippen LogP) is 6.28. The zero-order valence-electron chi connectivity index (χ0n) is 11.3. The maximum atomic E-state index is 6.30. The number of rotatable bonds is 4. The predicted molar refractivity (Wildman–Crippen MR) is 93.3 cm³/mol. The molecular formula is C16H16Br2ClN. The third-order valence-corrected chi connectivity index (χ3v) is 4.59. The molecule has 2 unspecified atom stereocenters. The smallest absolute Gasteiger partial charge is 0.0464 e. The first-order valence-electron chi connectivity index (χ1n) is 6.44. The van der Waals surface area contributed by atoms with Gasteiger partial charge in [0, 0.05) is 26.1 Å². The van der Waals surface area contributed by atoms with Crippen LogP contribution in [0.1, 0.15) is 37.1 Å². The van der Waals surface area contributed by atoms with Gasteiger partial charge in [-0.15, -0.1) is 0 Å². The summed E-state index contributed by atoms with van der Waals surface area (Å²) in [5, 5.41) is 4.36. The molecule has 0 aliphatic rings. The molecule has 0 aliphatic heterocycles. The molecule has 2 aromatic rings. The fraction of sp³-hybridized carbons (Fsp3) is 0.250. The third kappa shape index (κ3) is 4.08. The summed E-state index contributed by atoms with van der Waals surface area (Å²) < 4.78 is 2.09. The van der Waals surface area contributed by atoms with Crippen LogP contribution in [0.4, 0.5) is 0 Å². The minimum atomic E-state index is 0.185. The fourth-order valence-corrected chi connectivity index (χ4v) is 3.44. The Labute approximate surface area is 142 Å². The van der Waals surface area contributed by atoms with E-state index in [1.54, 1.807) is 0 Å². The summed E-state index contributed by atoms with van der Waals surface area (Å²) >= 11 is 13.2. The van der Waals surface area contributed by atoms with Crippen molar-refractivity contribution in [2.24, 2.45) is 0 Å². The average Bonchev–Trinajstić information content (AvgIpc) is 2.38. The van der Waals surface area contributed by atoms with Crippen LogP contribution in [0.2, 0.25) is 5.02 Å². The van der Waals surface area contributed by atoms with E-state index in [0.717, 1.165) is 19.5 Å². The Morgan fingerprint density at radius 3 is 2.30 bits per heavy atom. The highest BCUT2D eigenvalue weighted by atomic mass is 79.9. The number of hydrogen-bond acceptors (Lipinski definition) is 1. The number of nitrogens with one attached hydrogen (secondary N) is 1. The van der Waals surface area contributed by atoms with E-state index < -0.39 is 0 Å². The van der Waals surface area contributed by atoms with Crippen LogP contribution in [-0.4, -0.2) is 0 Å². The Morgan fingerprint density at radius 2 is 1.65 bits per heavy atom. The molecule has 4 heteroatoms. The molecule has 2 rings (SSSR count). The summed E-state index contributed by atoms with van der Waals surface area (Å²) in [6.07, 6.45) is 0. The largest absolute Gasteiger partial charge is 0.304 e. The van der Waals surface area contributed by atoms with Gasteiger partial charge in [-0.05, 0) is 49.2 Å². The molecule has 2 atom stereocenters. The van der Waals surface area contributed by atoms with E-state index in [9.17, 15) is 0 Å². The van der Waals surface area contributed by atoms with Crippen molar-refractivity contribution in [3.05, 3.63) is 67.6 Å². The van der Waals surface area contributed by atoms with Crippen molar-refractivity contribution in [3.63, 3.8) is 0 Å². The average molecular weight is 418 g/mol. The molecule has 20 heavy (non-hydrogen) atoms. The lowest BCUT2D eigenvalue weighted by molar-refractivity contribution is 0.494. The number of halogens is 3. The normalized spacial score (nSPS) is 14.1. The molecule has 1 nitrogen and oxygen atoms in total. The minimum absolute atomic E-state index is 0.185. The van der Waals surface area contributed by atoms with Crippen molar-refractivity contribution in [2.75, 3.05) is 0 Å². The lowest BCUT2D eigenvalue weighted by Crippen LogP contribution is -2.22. The summed E-state index contributed by atoms with van der Waals surface area (Å²) in [5.74, 6) is 0. The number of benzene rings is 2. The van der Waals surface area contributed by atoms with Gasteiger partial charge in [-0.1, -0.05) is 61.7 Å². The molecule has 2 aromatic carbocycles. The van der Waals surface area contributed by atoms with Crippen molar-refractivity contribution in [2.45, 2.75) is 25.9 Å². The maximum absolute atomic E-state index is 6.30. The Kier molecular flexibility index (Phi) is 5.67. The maximum Gasteiger partial charge on any atom is 0.0464 e. The first-order valence-corrected chi connectivity index (χ1v) is 8.40. The molecule has 106 valence electrons. The SMILES string of the molecule is CC(NC(C)c1ccc(Br)cc1Cl)c1cccc(Br)c1. The van der Waals surface area contributed by atoms with E-state index in [1.807, 2.05) is 18.2 Å². The molecule has 0 spiro atoms. The zero-order valence-corrected chi connectivity index (χ0v) is 15.3. The van der Waals surface area contributed by atoms with Crippen LogP contribution in [0.5, 0.6) is 0 Å². The van der Waals surface area contributed by atoms with Gasteiger partial charge in [-0.3, -0.25) is 0 Å². The molecule has 0 aliphatic carbocycles. The van der Waals surface area contributed by atoms with E-state index in [1.165, 1.54) is 5.56 Å². The van der Waals surface area contributed by atoms with Crippen LogP contribution in [0, 0.1) is 0 Å². The van der Waals surface area contributed by atoms with Crippen molar-refractivity contribution in [1.29, 1.82) is 0 Å². The second-order valence-electron chi connectivity index (χ2n) is 4.83. The van der Waals surface area contributed by atoms with E-state index in [2.05, 4.69) is 75.3 Å². The Morgan fingerprint density at radius 1 is 0.950 bits per heavy atom. The van der Waals surface area contributed by atoms with E-state index in [0.29, 0.717) is 0 Å². The molecule has 0 heterocycles. The highest BCUT2D eigenvalue weighted by molar-refractivity contribution is 9.10. The molecule has 0 aromatic heterocycles. The molecular weight excluding hydrogens is 401 g/mol. The first-order chi connectivity index (χ1) is 9.47. The quantitative estimate of drug-likeness (QED) is 0.618. The van der Waals surface area contributed by atoms with Crippen LogP contribution in [-0.2, 0) is 0 Å². The Bertz CT molecular complexity index is 601. The summed E-state index contributed by atoms with van der Waals surface area (Å²) in [6, 6.07) is 14.8. The second-order valence-corrected chi connectivity index (χ2v) is 7.07. The van der Waals surface area contributed by atoms with Crippen LogP contribution in [0.15, 0.2) is 51.4 Å². The third-order valence-electron chi connectivity index (χ3n) is 3.28. The van der Waals surface area contributed by atoms with Gasteiger partial charge in [-0.25, -0.2) is 0 Å². The van der Waals surface area contributed by atoms with Gasteiger partial charge in [-0.2, -0.15) is 0 Å². The summed E-state index contributed by atoms with van der Waals surface area (Å²) in [5.41, 5.74) is 2.36. The van der Waals surface area contributed by atoms with Gasteiger partial charge in [0.1, 0.15) is 0 Å². The van der Waals surface area contributed by atoms with Crippen LogP contribution >= 0.6 is 43.5 Å². The van der Waals surface area contributed by atoms with Crippen LogP contribution in [0.25, 0.3) is 0 Å². The van der Waals surface area contributed by atoms with Crippen molar-refractivity contribution >= 4 is 43.5 Å². The lowest BCUT2D eigenvalue weighted by atomic mass is 10.0. The number of hydrogen-bond donors (Lipinski definition) is 1. The molecule has 0 fully saturated rings. The minimum Gasteiger partial charge on any atom is -0.304 e. The van der Waals surface area contributed by atoms with Crippen LogP contribution in [0.3, 0.4) is 0 Å². The Balaban J connectivity index is 2.12. The van der Waals surface area contributed by atoms with Crippen molar-refractivity contribution in [1.82, 2.24) is 5.32 Å². The van der Waals surface area contributed by atoms with Gasteiger partial charge in [0.05, 0.1) is 0 Å². The summed E-state index contributed by atoms with van der Waals surface area (Å²) in [7, 11) is 0. The van der Waals surface area contributed by atoms with Gasteiger partial charge < -0.3 is 5.32 Å². The summed E-state index contributed by atoms with van der Waals surface area (Å²) in [4.78, 5) is 0. The molecule has 1 N–H and O–H groups in total. The monoisotopic (exact) mass is 415 g/mol. The highest BCUT2D eigenvalue weighted by Crippen LogP contribution is 2.28. The topological polar surface area (TPSA) is 12.0 Å². The fourth-order valence-electron chi connectivity index (χ4n) is 2.19. The second kappa shape index (κ2) is 7.08. The molecule has 0 amide bonds.